The molecule has 0 spiro atoms. The van der Waals surface area contributed by atoms with Crippen LogP contribution in [0, 0.1) is 12.7 Å². The van der Waals surface area contributed by atoms with E-state index in [1.807, 2.05) is 27.7 Å². The molecule has 1 aliphatic rings. The molecule has 1 saturated heterocycles. The van der Waals surface area contributed by atoms with Gasteiger partial charge in [-0.05, 0) is 40.7 Å². The van der Waals surface area contributed by atoms with Gasteiger partial charge in [0.25, 0.3) is 0 Å². The van der Waals surface area contributed by atoms with Crippen molar-refractivity contribution in [2.24, 2.45) is 0 Å². The van der Waals surface area contributed by atoms with Gasteiger partial charge in [0.15, 0.2) is 0 Å². The van der Waals surface area contributed by atoms with Crippen LogP contribution in [0.25, 0.3) is 5.69 Å². The van der Waals surface area contributed by atoms with Crippen molar-refractivity contribution in [1.29, 1.82) is 0 Å². The molecule has 0 saturated carbocycles. The first kappa shape index (κ1) is 15.2. The molecule has 2 heterocycles. The van der Waals surface area contributed by atoms with Gasteiger partial charge in [0.05, 0.1) is 16.9 Å². The maximum atomic E-state index is 14.9. The highest BCUT2D eigenvalue weighted by atomic mass is 19.1. The van der Waals surface area contributed by atoms with Gasteiger partial charge in [0, 0.05) is 5.46 Å². The number of aryl methyl sites for hydroxylation is 1. The van der Waals surface area contributed by atoms with Crippen LogP contribution in [0.4, 0.5) is 4.39 Å². The maximum absolute atomic E-state index is 14.9. The molecule has 1 fully saturated rings. The summed E-state index contributed by atoms with van der Waals surface area (Å²) >= 11 is 0. The molecule has 3 rings (SSSR count). The monoisotopic (exact) mass is 303 g/mol. The molecule has 1 aliphatic heterocycles. The number of hydrogen-bond acceptors (Lipinski definition) is 4. The smallest absolute Gasteiger partial charge is 0.399 e. The van der Waals surface area contributed by atoms with E-state index in [2.05, 4.69) is 10.2 Å². The van der Waals surface area contributed by atoms with Gasteiger partial charge in [0.1, 0.15) is 18.0 Å². The highest BCUT2D eigenvalue weighted by Crippen LogP contribution is 2.36. The molecular formula is C15H19BFN3O2. The summed E-state index contributed by atoms with van der Waals surface area (Å²) in [5.74, 6) is 0.230. The van der Waals surface area contributed by atoms with Gasteiger partial charge < -0.3 is 9.31 Å². The minimum Gasteiger partial charge on any atom is -0.399 e. The van der Waals surface area contributed by atoms with Gasteiger partial charge in [-0.25, -0.2) is 4.39 Å². The lowest BCUT2D eigenvalue weighted by molar-refractivity contribution is 0.00578. The van der Waals surface area contributed by atoms with Gasteiger partial charge >= 0.3 is 7.12 Å². The molecule has 0 radical (unpaired) electrons. The molecule has 0 unspecified atom stereocenters. The van der Waals surface area contributed by atoms with E-state index < -0.39 is 18.3 Å². The van der Waals surface area contributed by atoms with Gasteiger partial charge in [-0.2, -0.15) is 0 Å². The van der Waals surface area contributed by atoms with Crippen LogP contribution in [-0.2, 0) is 9.31 Å². The lowest BCUT2D eigenvalue weighted by Gasteiger charge is -2.32. The fourth-order valence-corrected chi connectivity index (χ4v) is 2.40. The van der Waals surface area contributed by atoms with Crippen LogP contribution >= 0.6 is 0 Å². The maximum Gasteiger partial charge on any atom is 0.497 e. The quantitative estimate of drug-likeness (QED) is 0.796. The lowest BCUT2D eigenvalue weighted by Crippen LogP contribution is -2.41. The molecule has 0 amide bonds. The number of aromatic nitrogens is 3. The van der Waals surface area contributed by atoms with E-state index in [1.165, 1.54) is 6.33 Å². The minimum absolute atomic E-state index is 0.379. The van der Waals surface area contributed by atoms with Crippen molar-refractivity contribution >= 4 is 12.6 Å². The zero-order valence-electron chi connectivity index (χ0n) is 13.4. The van der Waals surface area contributed by atoms with Gasteiger partial charge in [-0.3, -0.25) is 4.57 Å². The van der Waals surface area contributed by atoms with Crippen molar-refractivity contribution in [2.75, 3.05) is 0 Å². The first-order valence-corrected chi connectivity index (χ1v) is 7.24. The zero-order valence-corrected chi connectivity index (χ0v) is 13.4. The Morgan fingerprint density at radius 3 is 2.32 bits per heavy atom. The Morgan fingerprint density at radius 2 is 1.77 bits per heavy atom. The third-order valence-corrected chi connectivity index (χ3v) is 4.49. The first-order valence-electron chi connectivity index (χ1n) is 7.24. The lowest BCUT2D eigenvalue weighted by atomic mass is 9.78. The molecule has 1 aromatic heterocycles. The molecule has 0 atom stereocenters. The Bertz CT molecular complexity index is 699. The van der Waals surface area contributed by atoms with Gasteiger partial charge in [-0.15, -0.1) is 10.2 Å². The van der Waals surface area contributed by atoms with Crippen LogP contribution in [0.1, 0.15) is 33.5 Å². The van der Waals surface area contributed by atoms with Crippen molar-refractivity contribution in [1.82, 2.24) is 14.8 Å². The summed E-state index contributed by atoms with van der Waals surface area (Å²) in [6.45, 7) is 9.54. The molecule has 7 heteroatoms. The normalized spacial score (nSPS) is 19.6. The molecule has 22 heavy (non-hydrogen) atoms. The number of benzene rings is 1. The Hall–Kier alpha value is -1.73. The van der Waals surface area contributed by atoms with E-state index in [1.54, 1.807) is 29.7 Å². The Labute approximate surface area is 129 Å². The fourth-order valence-electron chi connectivity index (χ4n) is 2.40. The van der Waals surface area contributed by atoms with E-state index in [0.717, 1.165) is 0 Å². The Kier molecular flexibility index (Phi) is 3.38. The van der Waals surface area contributed by atoms with Crippen LogP contribution in [0.2, 0.25) is 0 Å². The summed E-state index contributed by atoms with van der Waals surface area (Å²) in [7, 11) is -0.735. The summed E-state index contributed by atoms with van der Waals surface area (Å²) in [5, 5.41) is 7.69. The molecule has 0 bridgehead atoms. The molecular weight excluding hydrogens is 284 g/mol. The van der Waals surface area contributed by atoms with E-state index in [0.29, 0.717) is 17.0 Å². The number of halogens is 1. The van der Waals surface area contributed by atoms with Crippen LogP contribution < -0.4 is 5.46 Å². The number of hydrogen-bond donors (Lipinski definition) is 0. The molecule has 0 aliphatic carbocycles. The zero-order chi connectivity index (χ0) is 16.1. The third kappa shape index (κ3) is 2.25. The summed E-state index contributed by atoms with van der Waals surface area (Å²) in [5.41, 5.74) is -0.252. The summed E-state index contributed by atoms with van der Waals surface area (Å²) < 4.78 is 28.4. The average Bonchev–Trinajstić information content (AvgIpc) is 2.91. The topological polar surface area (TPSA) is 49.2 Å². The van der Waals surface area contributed by atoms with Crippen LogP contribution in [0.5, 0.6) is 0 Å². The van der Waals surface area contributed by atoms with Crippen molar-refractivity contribution in [3.8, 4) is 5.69 Å². The predicted octanol–water partition coefficient (Wildman–Crippen LogP) is 2.01. The van der Waals surface area contributed by atoms with Crippen LogP contribution in [-0.4, -0.2) is 33.1 Å². The van der Waals surface area contributed by atoms with Crippen LogP contribution in [0.15, 0.2) is 24.5 Å². The molecule has 0 N–H and O–H groups in total. The van der Waals surface area contributed by atoms with E-state index in [9.17, 15) is 4.39 Å². The Morgan fingerprint density at radius 1 is 1.14 bits per heavy atom. The SMILES string of the molecule is Cc1nncn1-c1cccc(B2OC(C)(C)C(C)(C)O2)c1F. The van der Waals surface area contributed by atoms with E-state index in [-0.39, 0.29) is 5.82 Å². The van der Waals surface area contributed by atoms with Gasteiger partial charge in [-0.1, -0.05) is 12.1 Å². The standard InChI is InChI=1S/C15H19BFN3O2/c1-10-19-18-9-20(10)12-8-6-7-11(13(12)17)16-21-14(2,3)15(4,5)22-16/h6-9H,1-5H3. The second kappa shape index (κ2) is 4.89. The summed E-state index contributed by atoms with van der Waals surface area (Å²) in [4.78, 5) is 0. The highest BCUT2D eigenvalue weighted by Gasteiger charge is 2.52. The molecule has 116 valence electrons. The molecule has 2 aromatic rings. The summed E-state index contributed by atoms with van der Waals surface area (Å²) in [6, 6.07) is 5.14. The van der Waals surface area contributed by atoms with Gasteiger partial charge in [0.2, 0.25) is 0 Å². The van der Waals surface area contributed by atoms with E-state index in [4.69, 9.17) is 9.31 Å². The molecule has 1 aromatic carbocycles. The molecule has 5 nitrogen and oxygen atoms in total. The fraction of sp³-hybridized carbons (Fsp3) is 0.467. The van der Waals surface area contributed by atoms with Crippen molar-refractivity contribution < 1.29 is 13.7 Å². The van der Waals surface area contributed by atoms with Crippen molar-refractivity contribution in [3.63, 3.8) is 0 Å². The van der Waals surface area contributed by atoms with Crippen LogP contribution in [0.3, 0.4) is 0 Å². The largest absolute Gasteiger partial charge is 0.497 e. The highest BCUT2D eigenvalue weighted by molar-refractivity contribution is 6.62. The van der Waals surface area contributed by atoms with Crippen molar-refractivity contribution in [2.45, 2.75) is 45.8 Å². The average molecular weight is 303 g/mol. The predicted molar refractivity (Wildman–Crippen MR) is 81.8 cm³/mol. The summed E-state index contributed by atoms with van der Waals surface area (Å²) in [6.07, 6.45) is 1.49. The second-order valence-electron chi connectivity index (χ2n) is 6.52. The first-order chi connectivity index (χ1) is 10.2. The minimum atomic E-state index is -0.735. The van der Waals surface area contributed by atoms with E-state index >= 15 is 0 Å². The Balaban J connectivity index is 2.02. The second-order valence-corrected chi connectivity index (χ2v) is 6.52. The number of rotatable bonds is 2. The number of nitrogens with zero attached hydrogens (tertiary/aromatic N) is 3. The third-order valence-electron chi connectivity index (χ3n) is 4.49. The van der Waals surface area contributed by atoms with Crippen molar-refractivity contribution in [3.05, 3.63) is 36.2 Å².